The summed E-state index contributed by atoms with van der Waals surface area (Å²) in [6.45, 7) is 14.4. The summed E-state index contributed by atoms with van der Waals surface area (Å²) in [5.41, 5.74) is 24.6. The molecule has 0 aliphatic heterocycles. The number of aliphatic hydroxyl groups excluding tert-OH is 1. The molecule has 0 atom stereocenters. The number of anilines is 3. The van der Waals surface area contributed by atoms with E-state index in [1.165, 1.54) is 78.9 Å². The number of hydrogen-bond acceptors (Lipinski definition) is 19. The molecular weight excluding hydrogens is 1530 g/mol. The SMILES string of the molecule is CC(C)O.CC(C)Oc1cc(-c2ccccc2)nc(NCCC2=CCc3ccccc32)n1.CC(C)Oc1cc(Cl)nc(NCCC2=CCc3ccccc32)n1.CS(=O)(=O)c1nc(Cl)cc(Cl)n1.Clc1cc(Cl)nc(NCCC2=CCc3ccccc32)n1.NCCC1=CCc2ccccc21.OB(O)c1ccccc1.[H-].[H-].[Na+].[Na+]. The van der Waals surface area contributed by atoms with Gasteiger partial charge in [-0.05, 0) is 172 Å². The molecule has 0 bridgehead atoms. The summed E-state index contributed by atoms with van der Waals surface area (Å²) >= 11 is 28.6. The second kappa shape index (κ2) is 47.4. The van der Waals surface area contributed by atoms with Crippen LogP contribution in [0.1, 0.15) is 115 Å². The molecule has 4 aromatic heterocycles. The number of rotatable bonds is 21. The molecule has 6 aromatic carbocycles. The number of ether oxygens (including phenoxy) is 2. The molecule has 4 heterocycles. The van der Waals surface area contributed by atoms with Gasteiger partial charge in [-0.25, -0.2) is 38.3 Å². The number of aromatic nitrogens is 8. The van der Waals surface area contributed by atoms with Crippen molar-refractivity contribution in [2.75, 3.05) is 48.4 Å². The van der Waals surface area contributed by atoms with Gasteiger partial charge in [0.1, 0.15) is 25.8 Å². The maximum absolute atomic E-state index is 10.9. The maximum Gasteiger partial charge on any atom is 1.00 e. The van der Waals surface area contributed by atoms with Gasteiger partial charge in [-0.3, -0.25) is 0 Å². The molecule has 0 saturated heterocycles. The molecule has 28 heteroatoms. The molecular formula is C82H92BCl5N12Na2O7S. The minimum absolute atomic E-state index is 0. The third-order valence-corrected chi connectivity index (χ3v) is 17.9. The van der Waals surface area contributed by atoms with Crippen LogP contribution in [-0.2, 0) is 35.5 Å². The first kappa shape index (κ1) is 91.8. The van der Waals surface area contributed by atoms with Gasteiger partial charge in [0.2, 0.25) is 44.6 Å². The van der Waals surface area contributed by atoms with Crippen molar-refractivity contribution in [2.45, 2.75) is 116 Å². The first-order valence-corrected chi connectivity index (χ1v) is 39.2. The first-order valence-electron chi connectivity index (χ1n) is 35.4. The van der Waals surface area contributed by atoms with Crippen LogP contribution in [0.15, 0.2) is 211 Å². The number of sulfone groups is 1. The molecule has 568 valence electrons. The normalized spacial score (nSPS) is 12.2. The van der Waals surface area contributed by atoms with E-state index in [0.29, 0.717) is 50.5 Å². The van der Waals surface area contributed by atoms with Crippen molar-refractivity contribution >= 4 is 121 Å². The summed E-state index contributed by atoms with van der Waals surface area (Å²) in [6, 6.07) is 59.3. The van der Waals surface area contributed by atoms with Crippen molar-refractivity contribution in [1.29, 1.82) is 0 Å². The predicted molar refractivity (Wildman–Crippen MR) is 445 cm³/mol. The largest absolute Gasteiger partial charge is 1.00 e. The standard InChI is InChI=1S/C24H25N3O.C18H20ClN3O.C15H13Cl2N3.C11H13N.C6H7BO2.C5H4Cl2N2O2S.C3H8O.2Na.2H/c1-17(2)28-23-16-22(20-9-4-3-5-10-20)26-24(27-23)25-15-14-19-13-12-18-8-6-7-11-21(18)19;1-12(2)23-17-11-16(19)21-18(22-17)20-10-9-14-8-7-13-5-3-4-6-15(13)14;16-13-9-14(17)20-15(19-13)18-8-7-11-6-5-10-3-1-2-4-12(10)11;12-8-7-10-6-5-9-3-1-2-4-11(9)10;8-7(9)6-4-2-1-3-5-6;1-12(10,11)5-8-3(6)2-4(7)9-5;1-3(2)4;;;;/h3-11,13,16-17H,12,14-15H2,1-2H3,(H,25,26,27);3-6,8,11-12H,7,9-10H2,1-2H3,(H,20,21,22);1-4,6,9H,5,7-8H2,(H,18,19,20);1-4,6H,5,7-8,12H2;1-5,8-9H;2H,1H3;3-4H,1-2H3;;;;/q;;;;;;;2*+1;2*-1. The van der Waals surface area contributed by atoms with E-state index in [9.17, 15) is 8.42 Å². The Bertz CT molecular complexity index is 4800. The van der Waals surface area contributed by atoms with E-state index in [0.717, 1.165) is 95.1 Å². The molecule has 0 spiro atoms. The summed E-state index contributed by atoms with van der Waals surface area (Å²) in [7, 11) is -4.78. The Balaban J connectivity index is 0.000000288. The number of benzene rings is 6. The van der Waals surface area contributed by atoms with E-state index in [1.807, 2.05) is 70.2 Å². The number of nitrogens with one attached hydrogen (secondary N) is 3. The number of halogens is 5. The van der Waals surface area contributed by atoms with Gasteiger partial charge in [0.25, 0.3) is 0 Å². The number of aliphatic hydroxyl groups is 1. The zero-order chi connectivity index (χ0) is 77.5. The summed E-state index contributed by atoms with van der Waals surface area (Å²) < 4.78 is 33.2. The Morgan fingerprint density at radius 1 is 0.445 bits per heavy atom. The van der Waals surface area contributed by atoms with Crippen LogP contribution in [-0.4, -0.2) is 121 Å². The number of nitrogens with zero attached hydrogens (tertiary/aromatic N) is 8. The van der Waals surface area contributed by atoms with Gasteiger partial charge in [-0.2, -0.15) is 9.97 Å². The Kier molecular flexibility index (Phi) is 39.6. The Morgan fingerprint density at radius 3 is 1.10 bits per heavy atom. The van der Waals surface area contributed by atoms with Gasteiger partial charge in [0.05, 0.1) is 17.9 Å². The smallest absolute Gasteiger partial charge is 1.00 e. The fraction of sp³-hybridized carbons (Fsp3) is 0.268. The third-order valence-electron chi connectivity index (χ3n) is 16.1. The average molecular weight is 1620 g/mol. The first-order chi connectivity index (χ1) is 51.9. The Morgan fingerprint density at radius 2 is 0.755 bits per heavy atom. The molecule has 0 radical (unpaired) electrons. The number of allylic oxidation sites excluding steroid dienone is 4. The summed E-state index contributed by atoms with van der Waals surface area (Å²) in [5.74, 6) is 2.66. The second-order valence-electron chi connectivity index (χ2n) is 25.7. The van der Waals surface area contributed by atoms with Crippen LogP contribution < -0.4 is 95.7 Å². The fourth-order valence-electron chi connectivity index (χ4n) is 11.4. The van der Waals surface area contributed by atoms with Crippen molar-refractivity contribution in [3.8, 4) is 23.0 Å². The van der Waals surface area contributed by atoms with Gasteiger partial charge in [-0.1, -0.05) is 240 Å². The Hall–Kier alpha value is -7.10. The summed E-state index contributed by atoms with van der Waals surface area (Å²) in [6.07, 6.45) is 18.1. The van der Waals surface area contributed by atoms with E-state index in [-0.39, 0.29) is 95.7 Å². The zero-order valence-electron chi connectivity index (χ0n) is 65.4. The molecule has 110 heavy (non-hydrogen) atoms. The van der Waals surface area contributed by atoms with Crippen molar-refractivity contribution in [1.82, 2.24) is 39.9 Å². The molecule has 8 N–H and O–H groups in total. The molecule has 19 nitrogen and oxygen atoms in total. The summed E-state index contributed by atoms with van der Waals surface area (Å²) in [5, 5.41) is 35.7. The predicted octanol–water partition coefficient (Wildman–Crippen LogP) is 11.1. The van der Waals surface area contributed by atoms with Crippen LogP contribution in [0.3, 0.4) is 0 Å². The second-order valence-corrected chi connectivity index (χ2v) is 29.5. The average Bonchev–Trinajstić information content (AvgIpc) is 1.77. The van der Waals surface area contributed by atoms with Crippen molar-refractivity contribution < 1.29 is 95.0 Å². The van der Waals surface area contributed by atoms with Crippen LogP contribution in [0, 0.1) is 0 Å². The molecule has 4 aliphatic rings. The quantitative estimate of drug-likeness (QED) is 0.0200. The Labute approximate surface area is 718 Å². The van der Waals surface area contributed by atoms with E-state index in [1.54, 1.807) is 44.2 Å². The molecule has 0 saturated carbocycles. The van der Waals surface area contributed by atoms with Gasteiger partial charge in [0.15, 0.2) is 0 Å². The van der Waals surface area contributed by atoms with Gasteiger partial charge in [0, 0.05) is 61.8 Å². The van der Waals surface area contributed by atoms with Gasteiger partial charge >= 0.3 is 66.2 Å². The van der Waals surface area contributed by atoms with Crippen LogP contribution in [0.2, 0.25) is 25.8 Å². The maximum atomic E-state index is 10.9. The van der Waals surface area contributed by atoms with Gasteiger partial charge in [-0.15, -0.1) is 0 Å². The molecule has 0 unspecified atom stereocenters. The van der Waals surface area contributed by atoms with Crippen molar-refractivity contribution in [2.24, 2.45) is 5.73 Å². The minimum Gasteiger partial charge on any atom is -1.00 e. The van der Waals surface area contributed by atoms with Crippen LogP contribution in [0.25, 0.3) is 33.5 Å². The van der Waals surface area contributed by atoms with Crippen LogP contribution >= 0.6 is 58.0 Å². The fourth-order valence-corrected chi connectivity index (χ4v) is 13.1. The van der Waals surface area contributed by atoms with E-state index in [4.69, 9.17) is 93.4 Å². The van der Waals surface area contributed by atoms with Crippen molar-refractivity contribution in [3.05, 3.63) is 277 Å². The van der Waals surface area contributed by atoms with Crippen LogP contribution in [0.5, 0.6) is 11.8 Å². The minimum atomic E-state index is -3.44. The van der Waals surface area contributed by atoms with Crippen molar-refractivity contribution in [3.63, 3.8) is 0 Å². The third kappa shape index (κ3) is 31.1. The van der Waals surface area contributed by atoms with E-state index >= 15 is 0 Å². The summed E-state index contributed by atoms with van der Waals surface area (Å²) in [4.78, 5) is 32.9. The molecule has 4 aliphatic carbocycles. The number of fused-ring (bicyclic) bond motifs is 4. The molecule has 10 aromatic rings. The monoisotopic (exact) mass is 1620 g/mol. The zero-order valence-corrected chi connectivity index (χ0v) is 71.9. The van der Waals surface area contributed by atoms with Crippen LogP contribution in [0.4, 0.5) is 17.8 Å². The molecule has 0 amide bonds. The van der Waals surface area contributed by atoms with E-state index in [2.05, 4.69) is 172 Å². The van der Waals surface area contributed by atoms with Gasteiger partial charge < -0.3 is 49.2 Å². The van der Waals surface area contributed by atoms with E-state index < -0.39 is 17.0 Å². The molecule has 14 rings (SSSR count). The topological polar surface area (TPSA) is 279 Å². The molecule has 0 fully saturated rings. The number of hydrogen-bond donors (Lipinski definition) is 7. The number of nitrogens with two attached hydrogens (primary N) is 1.